The summed E-state index contributed by atoms with van der Waals surface area (Å²) >= 11 is 1.64. The maximum Gasteiger partial charge on any atom is 0.330 e. The van der Waals surface area contributed by atoms with Crippen molar-refractivity contribution in [2.75, 3.05) is 12.4 Å². The minimum absolute atomic E-state index is 0.268. The summed E-state index contributed by atoms with van der Waals surface area (Å²) in [6.07, 6.45) is 0. The van der Waals surface area contributed by atoms with Gasteiger partial charge in [-0.3, -0.25) is 13.9 Å². The van der Waals surface area contributed by atoms with Crippen LogP contribution in [0.25, 0.3) is 0 Å². The molecule has 6 heteroatoms. The third-order valence-corrected chi connectivity index (χ3v) is 4.66. The number of hydrogen-bond acceptors (Lipinski definition) is 4. The molecule has 1 aromatic carbocycles. The van der Waals surface area contributed by atoms with E-state index in [-0.39, 0.29) is 11.2 Å². The molecule has 0 atom stereocenters. The Balaban J connectivity index is 1.88. The summed E-state index contributed by atoms with van der Waals surface area (Å²) in [4.78, 5) is 23.5. The first-order valence-electron chi connectivity index (χ1n) is 7.44. The first-order chi connectivity index (χ1) is 10.9. The van der Waals surface area contributed by atoms with Gasteiger partial charge in [-0.05, 0) is 31.0 Å². The molecular formula is C17H22N2O3S. The van der Waals surface area contributed by atoms with E-state index in [1.54, 1.807) is 18.8 Å². The molecule has 0 saturated carbocycles. The minimum Gasteiger partial charge on any atom is -0.492 e. The smallest absolute Gasteiger partial charge is 0.330 e. The number of benzene rings is 1. The third kappa shape index (κ3) is 4.28. The Morgan fingerprint density at radius 2 is 1.83 bits per heavy atom. The number of rotatable bonds is 6. The van der Waals surface area contributed by atoms with Crippen LogP contribution in [-0.2, 0) is 19.8 Å². The molecule has 124 valence electrons. The highest BCUT2D eigenvalue weighted by Gasteiger charge is 2.06. The number of hydrogen-bond donors (Lipinski definition) is 0. The number of aromatic nitrogens is 2. The molecule has 0 amide bonds. The number of aryl methyl sites for hydroxylation is 2. The van der Waals surface area contributed by atoms with Crippen molar-refractivity contribution in [3.05, 3.63) is 61.9 Å². The van der Waals surface area contributed by atoms with E-state index in [2.05, 4.69) is 6.07 Å². The van der Waals surface area contributed by atoms with Crippen LogP contribution in [0.3, 0.4) is 0 Å². The Bertz CT molecular complexity index is 808. The van der Waals surface area contributed by atoms with Gasteiger partial charge in [-0.1, -0.05) is 12.1 Å². The van der Waals surface area contributed by atoms with E-state index < -0.39 is 0 Å². The second-order valence-electron chi connectivity index (χ2n) is 5.54. The quantitative estimate of drug-likeness (QED) is 0.759. The van der Waals surface area contributed by atoms with E-state index in [9.17, 15) is 9.59 Å². The molecule has 0 radical (unpaired) electrons. The fraction of sp³-hybridized carbons (Fsp3) is 0.412. The lowest BCUT2D eigenvalue weighted by Gasteiger charge is -2.11. The summed E-state index contributed by atoms with van der Waals surface area (Å²) in [6, 6.07) is 7.66. The van der Waals surface area contributed by atoms with Crippen LogP contribution in [0.5, 0.6) is 5.75 Å². The molecule has 1 aromatic heterocycles. The molecule has 0 bridgehead atoms. The van der Waals surface area contributed by atoms with Crippen molar-refractivity contribution >= 4 is 11.8 Å². The van der Waals surface area contributed by atoms with Crippen molar-refractivity contribution in [2.45, 2.75) is 19.6 Å². The Morgan fingerprint density at radius 3 is 2.57 bits per heavy atom. The average Bonchev–Trinajstić information content (AvgIpc) is 2.53. The Labute approximate surface area is 139 Å². The highest BCUT2D eigenvalue weighted by atomic mass is 32.2. The Kier molecular flexibility index (Phi) is 5.71. The van der Waals surface area contributed by atoms with Gasteiger partial charge in [0, 0.05) is 37.4 Å². The van der Waals surface area contributed by atoms with Crippen LogP contribution < -0.4 is 16.0 Å². The maximum absolute atomic E-state index is 11.8. The first kappa shape index (κ1) is 17.4. The highest BCUT2D eigenvalue weighted by molar-refractivity contribution is 7.98. The molecular weight excluding hydrogens is 312 g/mol. The normalized spacial score (nSPS) is 10.8. The summed E-state index contributed by atoms with van der Waals surface area (Å²) in [5.74, 6) is 2.31. The van der Waals surface area contributed by atoms with Gasteiger partial charge >= 0.3 is 5.69 Å². The monoisotopic (exact) mass is 334 g/mol. The summed E-state index contributed by atoms with van der Waals surface area (Å²) in [5, 5.41) is 0. The van der Waals surface area contributed by atoms with Gasteiger partial charge in [0.25, 0.3) is 5.56 Å². The molecule has 2 rings (SSSR count). The largest absolute Gasteiger partial charge is 0.492 e. The van der Waals surface area contributed by atoms with Crippen molar-refractivity contribution in [1.29, 1.82) is 0 Å². The fourth-order valence-corrected chi connectivity index (χ4v) is 3.00. The summed E-state index contributed by atoms with van der Waals surface area (Å²) in [6.45, 7) is 4.66. The summed E-state index contributed by atoms with van der Waals surface area (Å²) < 4.78 is 8.42. The molecule has 23 heavy (non-hydrogen) atoms. The van der Waals surface area contributed by atoms with E-state index in [0.717, 1.165) is 27.3 Å². The topological polar surface area (TPSA) is 53.2 Å². The van der Waals surface area contributed by atoms with E-state index in [1.807, 2.05) is 26.0 Å². The molecule has 0 unspecified atom stereocenters. The van der Waals surface area contributed by atoms with Crippen LogP contribution in [0.2, 0.25) is 0 Å². The van der Waals surface area contributed by atoms with Gasteiger partial charge in [-0.25, -0.2) is 4.79 Å². The first-order valence-corrected chi connectivity index (χ1v) is 8.59. The zero-order valence-electron chi connectivity index (χ0n) is 14.0. The zero-order valence-corrected chi connectivity index (χ0v) is 14.8. The van der Waals surface area contributed by atoms with E-state index in [1.165, 1.54) is 23.2 Å². The van der Waals surface area contributed by atoms with Crippen molar-refractivity contribution in [2.24, 2.45) is 14.1 Å². The molecule has 2 aromatic rings. The highest BCUT2D eigenvalue weighted by Crippen LogP contribution is 2.19. The number of nitrogens with zero attached hydrogens (tertiary/aromatic N) is 2. The predicted octanol–water partition coefficient (Wildman–Crippen LogP) is 2.01. The van der Waals surface area contributed by atoms with Crippen LogP contribution in [0, 0.1) is 13.8 Å². The van der Waals surface area contributed by atoms with Crippen molar-refractivity contribution in [3.8, 4) is 5.75 Å². The lowest BCUT2D eigenvalue weighted by Crippen LogP contribution is -2.37. The summed E-state index contributed by atoms with van der Waals surface area (Å²) in [5.41, 5.74) is 2.47. The molecule has 0 aliphatic heterocycles. The molecule has 5 nitrogen and oxygen atoms in total. The van der Waals surface area contributed by atoms with E-state index in [0.29, 0.717) is 12.4 Å². The van der Waals surface area contributed by atoms with Gasteiger partial charge in [-0.15, -0.1) is 0 Å². The van der Waals surface area contributed by atoms with Gasteiger partial charge in [0.05, 0.1) is 6.61 Å². The van der Waals surface area contributed by atoms with Crippen LogP contribution in [0.15, 0.2) is 33.9 Å². The molecule has 0 aliphatic rings. The van der Waals surface area contributed by atoms with Gasteiger partial charge in [0.1, 0.15) is 5.75 Å². The molecule has 0 saturated heterocycles. The second kappa shape index (κ2) is 7.55. The predicted molar refractivity (Wildman–Crippen MR) is 94.5 cm³/mol. The number of ether oxygens (including phenoxy) is 1. The molecule has 0 aliphatic carbocycles. The molecule has 0 spiro atoms. The SMILES string of the molecule is Cc1ccc(C)c(OCCSCc2cc(=O)n(C)c(=O)n2C)c1. The molecule has 0 fully saturated rings. The van der Waals surface area contributed by atoms with Crippen LogP contribution in [0.4, 0.5) is 0 Å². The minimum atomic E-state index is -0.292. The lowest BCUT2D eigenvalue weighted by molar-refractivity contribution is 0.341. The van der Waals surface area contributed by atoms with Crippen molar-refractivity contribution in [3.63, 3.8) is 0 Å². The summed E-state index contributed by atoms with van der Waals surface area (Å²) in [7, 11) is 3.17. The van der Waals surface area contributed by atoms with Crippen molar-refractivity contribution in [1.82, 2.24) is 9.13 Å². The standard InChI is InChI=1S/C17H22N2O3S/c1-12-5-6-13(2)15(9-12)22-7-8-23-11-14-10-16(20)19(4)17(21)18(14)3/h5-6,9-10H,7-8,11H2,1-4H3. The third-order valence-electron chi connectivity index (χ3n) is 3.70. The van der Waals surface area contributed by atoms with Gasteiger partial charge in [-0.2, -0.15) is 11.8 Å². The van der Waals surface area contributed by atoms with E-state index in [4.69, 9.17) is 4.74 Å². The van der Waals surface area contributed by atoms with Gasteiger partial charge in [0.2, 0.25) is 0 Å². The van der Waals surface area contributed by atoms with Gasteiger partial charge in [0.15, 0.2) is 0 Å². The van der Waals surface area contributed by atoms with Crippen LogP contribution in [0.1, 0.15) is 16.8 Å². The van der Waals surface area contributed by atoms with Crippen LogP contribution in [-0.4, -0.2) is 21.5 Å². The van der Waals surface area contributed by atoms with Crippen LogP contribution >= 0.6 is 11.8 Å². The Morgan fingerprint density at radius 1 is 1.09 bits per heavy atom. The van der Waals surface area contributed by atoms with Crippen molar-refractivity contribution < 1.29 is 4.74 Å². The second-order valence-corrected chi connectivity index (χ2v) is 6.65. The average molecular weight is 334 g/mol. The molecule has 0 N–H and O–H groups in total. The number of thioether (sulfide) groups is 1. The molecule has 1 heterocycles. The maximum atomic E-state index is 11.8. The van der Waals surface area contributed by atoms with Gasteiger partial charge < -0.3 is 4.74 Å². The fourth-order valence-electron chi connectivity index (χ4n) is 2.17. The zero-order chi connectivity index (χ0) is 17.0. The Hall–Kier alpha value is -1.95. The van der Waals surface area contributed by atoms with E-state index >= 15 is 0 Å². The lowest BCUT2D eigenvalue weighted by atomic mass is 10.1.